The highest BCUT2D eigenvalue weighted by Crippen LogP contribution is 2.16. The van der Waals surface area contributed by atoms with E-state index in [9.17, 15) is 14.0 Å². The molecule has 2 amide bonds. The average Bonchev–Trinajstić information content (AvgIpc) is 3.34. The Morgan fingerprint density at radius 2 is 1.96 bits per heavy atom. The van der Waals surface area contributed by atoms with E-state index in [1.165, 1.54) is 28.9 Å². The van der Waals surface area contributed by atoms with Crippen LogP contribution in [0.4, 0.5) is 10.1 Å². The summed E-state index contributed by atoms with van der Waals surface area (Å²) in [6.07, 6.45) is 3.16. The van der Waals surface area contributed by atoms with Gasteiger partial charge in [0.25, 0.3) is 11.8 Å². The molecular weight excluding hydrogens is 363 g/mol. The lowest BCUT2D eigenvalue weighted by atomic mass is 10.2. The fourth-order valence-corrected chi connectivity index (χ4v) is 2.78. The van der Waals surface area contributed by atoms with Gasteiger partial charge in [0.05, 0.1) is 18.3 Å². The monoisotopic (exact) mass is 378 g/mol. The number of aromatic nitrogens is 2. The summed E-state index contributed by atoms with van der Waals surface area (Å²) < 4.78 is 20.1. The van der Waals surface area contributed by atoms with Crippen LogP contribution in [0.5, 0.6) is 0 Å². The SMILES string of the molecule is O=C(Nc1cccc(F)c1)c1nc(C(=O)NCc2ccco2)n2ccccc12. The first-order valence-electron chi connectivity index (χ1n) is 8.46. The first kappa shape index (κ1) is 17.5. The number of amides is 2. The molecule has 0 aliphatic rings. The zero-order valence-corrected chi connectivity index (χ0v) is 14.6. The standard InChI is InChI=1S/C20H15FN4O3/c21-13-5-3-6-14(11-13)23-19(26)17-16-8-1-2-9-25(16)18(24-17)20(27)22-12-15-7-4-10-28-15/h1-11H,12H2,(H,22,27)(H,23,26). The second-order valence-corrected chi connectivity index (χ2v) is 5.97. The normalized spacial score (nSPS) is 10.8. The molecule has 0 saturated carbocycles. The van der Waals surface area contributed by atoms with E-state index in [4.69, 9.17) is 4.42 Å². The van der Waals surface area contributed by atoms with E-state index in [2.05, 4.69) is 15.6 Å². The molecule has 0 bridgehead atoms. The highest BCUT2D eigenvalue weighted by atomic mass is 19.1. The van der Waals surface area contributed by atoms with E-state index in [0.717, 1.165) is 0 Å². The van der Waals surface area contributed by atoms with Gasteiger partial charge in [0.2, 0.25) is 5.82 Å². The third-order valence-electron chi connectivity index (χ3n) is 4.05. The van der Waals surface area contributed by atoms with Crippen molar-refractivity contribution in [2.24, 2.45) is 0 Å². The molecule has 0 atom stereocenters. The lowest BCUT2D eigenvalue weighted by Gasteiger charge is -2.03. The average molecular weight is 378 g/mol. The Hall–Kier alpha value is -3.94. The highest BCUT2D eigenvalue weighted by molar-refractivity contribution is 6.08. The van der Waals surface area contributed by atoms with Crippen LogP contribution in [-0.4, -0.2) is 21.2 Å². The molecule has 2 N–H and O–H groups in total. The van der Waals surface area contributed by atoms with Gasteiger partial charge in [-0.25, -0.2) is 9.37 Å². The van der Waals surface area contributed by atoms with Crippen molar-refractivity contribution in [2.75, 3.05) is 5.32 Å². The van der Waals surface area contributed by atoms with Crippen molar-refractivity contribution < 1.29 is 18.4 Å². The van der Waals surface area contributed by atoms with Crippen LogP contribution < -0.4 is 10.6 Å². The number of carbonyl (C=O) groups excluding carboxylic acids is 2. The summed E-state index contributed by atoms with van der Waals surface area (Å²) in [6, 6.07) is 14.1. The maximum Gasteiger partial charge on any atom is 0.288 e. The number of nitrogens with one attached hydrogen (secondary N) is 2. The van der Waals surface area contributed by atoms with Gasteiger partial charge in [-0.3, -0.25) is 14.0 Å². The number of fused-ring (bicyclic) bond motifs is 1. The molecule has 8 heteroatoms. The van der Waals surface area contributed by atoms with E-state index in [1.807, 2.05) is 0 Å². The van der Waals surface area contributed by atoms with Crippen LogP contribution in [-0.2, 0) is 6.54 Å². The number of hydrogen-bond donors (Lipinski definition) is 2. The minimum atomic E-state index is -0.542. The Morgan fingerprint density at radius 3 is 2.75 bits per heavy atom. The van der Waals surface area contributed by atoms with Crippen molar-refractivity contribution in [1.29, 1.82) is 0 Å². The topological polar surface area (TPSA) is 88.6 Å². The second-order valence-electron chi connectivity index (χ2n) is 5.97. The molecule has 4 aromatic rings. The molecule has 0 aliphatic heterocycles. The van der Waals surface area contributed by atoms with E-state index < -0.39 is 17.6 Å². The molecule has 7 nitrogen and oxygen atoms in total. The summed E-state index contributed by atoms with van der Waals surface area (Å²) >= 11 is 0. The van der Waals surface area contributed by atoms with Crippen LogP contribution in [0.25, 0.3) is 5.52 Å². The number of carbonyl (C=O) groups is 2. The summed E-state index contributed by atoms with van der Waals surface area (Å²) in [4.78, 5) is 29.5. The number of furan rings is 1. The largest absolute Gasteiger partial charge is 0.467 e. The number of imidazole rings is 1. The Morgan fingerprint density at radius 1 is 1.07 bits per heavy atom. The molecule has 3 heterocycles. The number of rotatable bonds is 5. The molecule has 0 radical (unpaired) electrons. The van der Waals surface area contributed by atoms with Crippen LogP contribution in [0.3, 0.4) is 0 Å². The summed E-state index contributed by atoms with van der Waals surface area (Å²) in [5.41, 5.74) is 0.818. The van der Waals surface area contributed by atoms with Gasteiger partial charge in [-0.2, -0.15) is 0 Å². The molecule has 1 aromatic carbocycles. The molecule has 4 rings (SSSR count). The van der Waals surface area contributed by atoms with E-state index in [1.54, 1.807) is 42.6 Å². The lowest BCUT2D eigenvalue weighted by Crippen LogP contribution is -2.25. The minimum Gasteiger partial charge on any atom is -0.467 e. The Kier molecular flexibility index (Phi) is 4.59. The van der Waals surface area contributed by atoms with Crippen molar-refractivity contribution >= 4 is 23.0 Å². The second kappa shape index (κ2) is 7.36. The van der Waals surface area contributed by atoms with E-state index in [-0.39, 0.29) is 18.1 Å². The predicted octanol–water partition coefficient (Wildman–Crippen LogP) is 3.25. The van der Waals surface area contributed by atoms with Crippen molar-refractivity contribution in [3.8, 4) is 0 Å². The molecule has 28 heavy (non-hydrogen) atoms. The number of halogens is 1. The van der Waals surface area contributed by atoms with E-state index in [0.29, 0.717) is 17.0 Å². The number of nitrogens with zero attached hydrogens (tertiary/aromatic N) is 2. The maximum absolute atomic E-state index is 13.4. The quantitative estimate of drug-likeness (QED) is 0.558. The van der Waals surface area contributed by atoms with Crippen molar-refractivity contribution in [3.63, 3.8) is 0 Å². The lowest BCUT2D eigenvalue weighted by molar-refractivity contribution is 0.0937. The van der Waals surface area contributed by atoms with Gasteiger partial charge in [0.15, 0.2) is 5.69 Å². The summed E-state index contributed by atoms with van der Waals surface area (Å²) in [5, 5.41) is 5.30. The Bertz CT molecular complexity index is 1150. The molecule has 3 aromatic heterocycles. The van der Waals surface area contributed by atoms with Gasteiger partial charge >= 0.3 is 0 Å². The molecular formula is C20H15FN4O3. The van der Waals surface area contributed by atoms with Crippen molar-refractivity contribution in [3.05, 3.63) is 90.2 Å². The third kappa shape index (κ3) is 3.48. The van der Waals surface area contributed by atoms with Gasteiger partial charge in [0.1, 0.15) is 11.6 Å². The molecule has 0 unspecified atom stereocenters. The number of hydrogen-bond acceptors (Lipinski definition) is 4. The fourth-order valence-electron chi connectivity index (χ4n) is 2.78. The predicted molar refractivity (Wildman–Crippen MR) is 99.4 cm³/mol. The van der Waals surface area contributed by atoms with Gasteiger partial charge in [-0.15, -0.1) is 0 Å². The zero-order valence-electron chi connectivity index (χ0n) is 14.6. The van der Waals surface area contributed by atoms with Gasteiger partial charge < -0.3 is 15.1 Å². The fraction of sp³-hybridized carbons (Fsp3) is 0.0500. The van der Waals surface area contributed by atoms with Gasteiger partial charge in [-0.1, -0.05) is 12.1 Å². The first-order valence-corrected chi connectivity index (χ1v) is 8.46. The third-order valence-corrected chi connectivity index (χ3v) is 4.05. The molecule has 140 valence electrons. The van der Waals surface area contributed by atoms with Crippen LogP contribution in [0.1, 0.15) is 26.9 Å². The zero-order chi connectivity index (χ0) is 19.5. The van der Waals surface area contributed by atoms with Gasteiger partial charge in [-0.05, 0) is 42.5 Å². The first-order chi connectivity index (χ1) is 13.6. The Balaban J connectivity index is 1.62. The number of benzene rings is 1. The van der Waals surface area contributed by atoms with Crippen LogP contribution >= 0.6 is 0 Å². The number of anilines is 1. The van der Waals surface area contributed by atoms with Crippen molar-refractivity contribution in [1.82, 2.24) is 14.7 Å². The van der Waals surface area contributed by atoms with E-state index >= 15 is 0 Å². The molecule has 0 fully saturated rings. The molecule has 0 aliphatic carbocycles. The number of pyridine rings is 1. The Labute approximate surface area is 158 Å². The van der Waals surface area contributed by atoms with Gasteiger partial charge in [0, 0.05) is 11.9 Å². The molecule has 0 saturated heterocycles. The minimum absolute atomic E-state index is 0.0616. The summed E-state index contributed by atoms with van der Waals surface area (Å²) in [6.45, 7) is 0.193. The van der Waals surface area contributed by atoms with Crippen LogP contribution in [0.15, 0.2) is 71.5 Å². The summed E-state index contributed by atoms with van der Waals surface area (Å²) in [7, 11) is 0. The smallest absolute Gasteiger partial charge is 0.288 e. The van der Waals surface area contributed by atoms with Crippen molar-refractivity contribution in [2.45, 2.75) is 6.54 Å². The van der Waals surface area contributed by atoms with Crippen LogP contribution in [0, 0.1) is 5.82 Å². The molecule has 0 spiro atoms. The van der Waals surface area contributed by atoms with Crippen LogP contribution in [0.2, 0.25) is 0 Å². The summed E-state index contributed by atoms with van der Waals surface area (Å²) in [5.74, 6) is -0.808. The maximum atomic E-state index is 13.4. The highest BCUT2D eigenvalue weighted by Gasteiger charge is 2.21.